The van der Waals surface area contributed by atoms with Crippen LogP contribution < -0.4 is 9.47 Å². The van der Waals surface area contributed by atoms with Gasteiger partial charge in [0.2, 0.25) is 0 Å². The topological polar surface area (TPSA) is 105 Å². The van der Waals surface area contributed by atoms with E-state index in [1.54, 1.807) is 0 Å². The van der Waals surface area contributed by atoms with Crippen LogP contribution in [0.3, 0.4) is 0 Å². The lowest BCUT2D eigenvalue weighted by molar-refractivity contribution is -0.422. The van der Waals surface area contributed by atoms with E-state index in [1.807, 2.05) is 0 Å². The van der Waals surface area contributed by atoms with Crippen molar-refractivity contribution in [3.63, 3.8) is 0 Å². The summed E-state index contributed by atoms with van der Waals surface area (Å²) < 4.78 is 159. The van der Waals surface area contributed by atoms with Gasteiger partial charge in [0, 0.05) is 0 Å². The number of halogens is 12. The first-order valence-corrected chi connectivity index (χ1v) is 7.13. The van der Waals surface area contributed by atoms with Gasteiger partial charge in [0.25, 0.3) is 12.3 Å². The highest BCUT2D eigenvalue weighted by molar-refractivity contribution is 5.62. The lowest BCUT2D eigenvalue weighted by Crippen LogP contribution is -2.47. The monoisotopic (exact) mass is 500 g/mol. The Labute approximate surface area is 165 Å². The molecule has 0 amide bonds. The maximum absolute atomic E-state index is 13.4. The molecule has 0 heterocycles. The fourth-order valence-electron chi connectivity index (χ4n) is 1.77. The van der Waals surface area contributed by atoms with E-state index in [0.29, 0.717) is 0 Å². The number of alkyl halides is 12. The van der Waals surface area contributed by atoms with Gasteiger partial charge in [-0.25, -0.2) is 8.78 Å². The van der Waals surface area contributed by atoms with Gasteiger partial charge in [-0.05, 0) is 0 Å². The van der Waals surface area contributed by atoms with Crippen LogP contribution in [0, 0.1) is 20.2 Å². The first kappa shape index (κ1) is 26.8. The Hall–Kier alpha value is -3.22. The Morgan fingerprint density at radius 1 is 0.656 bits per heavy atom. The van der Waals surface area contributed by atoms with Crippen LogP contribution in [0.1, 0.15) is 0 Å². The smallest absolute Gasteiger partial charge is 0.426 e. The summed E-state index contributed by atoms with van der Waals surface area (Å²) in [5.41, 5.74) is -3.85. The van der Waals surface area contributed by atoms with Crippen LogP contribution in [-0.4, -0.2) is 46.8 Å². The number of rotatable bonds is 8. The molecule has 182 valence electrons. The Bertz CT molecular complexity index is 815. The minimum absolute atomic E-state index is 0.638. The predicted octanol–water partition coefficient (Wildman–Crippen LogP) is 5.25. The molecule has 0 aliphatic carbocycles. The van der Waals surface area contributed by atoms with Crippen LogP contribution in [0.5, 0.6) is 11.5 Å². The first-order valence-electron chi connectivity index (χ1n) is 7.13. The maximum atomic E-state index is 13.4. The van der Waals surface area contributed by atoms with E-state index >= 15 is 0 Å². The Morgan fingerprint density at radius 3 is 1.09 bits per heavy atom. The summed E-state index contributed by atoms with van der Waals surface area (Å²) in [5.74, 6) is -4.76. The molecule has 0 aliphatic rings. The second kappa shape index (κ2) is 8.37. The van der Waals surface area contributed by atoms with Crippen LogP contribution >= 0.6 is 0 Å². The van der Waals surface area contributed by atoms with Crippen LogP contribution in [-0.2, 0) is 0 Å². The molecule has 0 aliphatic heterocycles. The highest BCUT2D eigenvalue weighted by atomic mass is 19.4. The number of hydrogen-bond acceptors (Lipinski definition) is 6. The zero-order valence-corrected chi connectivity index (χ0v) is 14.2. The van der Waals surface area contributed by atoms with Crippen molar-refractivity contribution < 1.29 is 72.0 Å². The van der Waals surface area contributed by atoms with Gasteiger partial charge in [-0.3, -0.25) is 20.2 Å². The van der Waals surface area contributed by atoms with Crippen LogP contribution in [0.15, 0.2) is 12.1 Å². The summed E-state index contributed by atoms with van der Waals surface area (Å²) in [7, 11) is 0. The molecule has 1 aromatic carbocycles. The van der Waals surface area contributed by atoms with Gasteiger partial charge in [-0.1, -0.05) is 0 Å². The summed E-state index contributed by atoms with van der Waals surface area (Å²) in [4.78, 5) is 18.0. The van der Waals surface area contributed by atoms with E-state index in [9.17, 15) is 72.9 Å². The van der Waals surface area contributed by atoms with Gasteiger partial charge in [0.1, 0.15) is 0 Å². The molecular weight excluding hydrogens is 496 g/mol. The lowest BCUT2D eigenvalue weighted by Gasteiger charge is -2.26. The van der Waals surface area contributed by atoms with Gasteiger partial charge in [-0.15, -0.1) is 0 Å². The molecule has 0 radical (unpaired) electrons. The predicted molar refractivity (Wildman–Crippen MR) is 72.8 cm³/mol. The average Bonchev–Trinajstić information content (AvgIpc) is 2.59. The number of ether oxygens (including phenoxy) is 2. The molecule has 8 nitrogen and oxygen atoms in total. The summed E-state index contributed by atoms with van der Waals surface area (Å²) in [5, 5.41) is 21.6. The fraction of sp³-hybridized carbons (Fsp3) is 0.500. The summed E-state index contributed by atoms with van der Waals surface area (Å²) in [6.07, 6.45) is -35.3. The van der Waals surface area contributed by atoms with Crippen LogP contribution in [0.2, 0.25) is 0 Å². The van der Waals surface area contributed by atoms with Crippen molar-refractivity contribution in [2.45, 2.75) is 36.9 Å². The second-order valence-corrected chi connectivity index (χ2v) is 5.44. The number of hydrogen-bond donors (Lipinski definition) is 0. The van der Waals surface area contributed by atoms with Gasteiger partial charge in [0.05, 0.1) is 22.0 Å². The summed E-state index contributed by atoms with van der Waals surface area (Å²) >= 11 is 0. The molecule has 1 rings (SSSR count). The van der Waals surface area contributed by atoms with Gasteiger partial charge < -0.3 is 9.47 Å². The number of nitro groups is 2. The largest absolute Gasteiger partial charge is 0.439 e. The Kier molecular flexibility index (Phi) is 7.02. The third-order valence-electron chi connectivity index (χ3n) is 3.09. The standard InChI is InChI=1S/C12H4F12N2O6/c13-7(9(15,16)17)11(21,22)31-5-1-3(25(27)28)4(26(29)30)2-6(5)32-12(23,24)8(14)10(18,19)20/h1-2,7-8H. The minimum atomic E-state index is -6.37. The Morgan fingerprint density at radius 2 is 0.906 bits per heavy atom. The van der Waals surface area contributed by atoms with Crippen molar-refractivity contribution in [1.29, 1.82) is 0 Å². The number of nitro benzene ring substituents is 2. The van der Waals surface area contributed by atoms with Gasteiger partial charge in [-0.2, -0.15) is 43.9 Å². The normalized spacial score (nSPS) is 15.1. The van der Waals surface area contributed by atoms with Crippen molar-refractivity contribution in [3.05, 3.63) is 32.4 Å². The van der Waals surface area contributed by atoms with Crippen molar-refractivity contribution in [1.82, 2.24) is 0 Å². The molecule has 2 unspecified atom stereocenters. The first-order chi connectivity index (χ1) is 14.1. The molecule has 1 aromatic rings. The van der Waals surface area contributed by atoms with Crippen molar-refractivity contribution >= 4 is 11.4 Å². The molecule has 0 fully saturated rings. The van der Waals surface area contributed by atoms with Crippen molar-refractivity contribution in [2.75, 3.05) is 0 Å². The van der Waals surface area contributed by atoms with Crippen molar-refractivity contribution in [2.24, 2.45) is 0 Å². The zero-order chi connectivity index (χ0) is 25.4. The van der Waals surface area contributed by atoms with Crippen LogP contribution in [0.4, 0.5) is 64.1 Å². The number of benzene rings is 1. The van der Waals surface area contributed by atoms with E-state index in [0.717, 1.165) is 0 Å². The van der Waals surface area contributed by atoms with E-state index in [4.69, 9.17) is 0 Å². The molecule has 0 aromatic heterocycles. The SMILES string of the molecule is O=[N+]([O-])c1cc(OC(F)(F)C(F)C(F)(F)F)c(OC(F)(F)C(F)C(F)(F)F)cc1[N+](=O)[O-]. The summed E-state index contributed by atoms with van der Waals surface area (Å²) in [6.45, 7) is 0. The average molecular weight is 500 g/mol. The second-order valence-electron chi connectivity index (χ2n) is 5.44. The maximum Gasteiger partial charge on any atom is 0.439 e. The highest BCUT2D eigenvalue weighted by Crippen LogP contribution is 2.46. The molecule has 0 saturated carbocycles. The highest BCUT2D eigenvalue weighted by Gasteiger charge is 2.61. The molecule has 0 N–H and O–H groups in total. The fourth-order valence-corrected chi connectivity index (χ4v) is 1.77. The quantitative estimate of drug-likeness (QED) is 0.275. The Balaban J connectivity index is 3.68. The van der Waals surface area contributed by atoms with E-state index < -0.39 is 81.8 Å². The molecule has 32 heavy (non-hydrogen) atoms. The molecule has 0 bridgehead atoms. The number of nitrogens with zero attached hydrogens (tertiary/aromatic N) is 2. The van der Waals surface area contributed by atoms with Crippen molar-refractivity contribution in [3.8, 4) is 11.5 Å². The minimum Gasteiger partial charge on any atom is -0.426 e. The lowest BCUT2D eigenvalue weighted by atomic mass is 10.2. The zero-order valence-electron chi connectivity index (χ0n) is 14.2. The van der Waals surface area contributed by atoms with Gasteiger partial charge in [0.15, 0.2) is 11.5 Å². The molecule has 2 atom stereocenters. The van der Waals surface area contributed by atoms with E-state index in [1.165, 1.54) is 0 Å². The molecular formula is C12H4F12N2O6. The summed E-state index contributed by atoms with van der Waals surface area (Å²) in [6, 6.07) is -1.28. The molecule has 0 saturated heterocycles. The molecule has 0 spiro atoms. The third kappa shape index (κ3) is 5.93. The van der Waals surface area contributed by atoms with Crippen LogP contribution in [0.25, 0.3) is 0 Å². The van der Waals surface area contributed by atoms with E-state index in [2.05, 4.69) is 9.47 Å². The molecule has 20 heteroatoms. The third-order valence-corrected chi connectivity index (χ3v) is 3.09. The van der Waals surface area contributed by atoms with Gasteiger partial charge >= 0.3 is 35.9 Å². The van der Waals surface area contributed by atoms with E-state index in [-0.39, 0.29) is 0 Å².